The third kappa shape index (κ3) is 4.48. The van der Waals surface area contributed by atoms with Gasteiger partial charge < -0.3 is 4.42 Å². The first kappa shape index (κ1) is 19.0. The van der Waals surface area contributed by atoms with Crippen LogP contribution in [0.2, 0.25) is 0 Å². The van der Waals surface area contributed by atoms with Crippen molar-refractivity contribution < 1.29 is 42.8 Å². The maximum absolute atomic E-state index is 11.7. The Morgan fingerprint density at radius 3 is 2.30 bits per heavy atom. The van der Waals surface area contributed by atoms with Gasteiger partial charge in [-0.15, -0.1) is 10.2 Å². The summed E-state index contributed by atoms with van der Waals surface area (Å²) in [7, 11) is -4.94. The van der Waals surface area contributed by atoms with Gasteiger partial charge in [0.15, 0.2) is 12.7 Å². The van der Waals surface area contributed by atoms with Crippen LogP contribution < -0.4 is 23.2 Å². The molecule has 0 fully saturated rings. The lowest BCUT2D eigenvalue weighted by Crippen LogP contribution is -2.68. The summed E-state index contributed by atoms with van der Waals surface area (Å²) >= 11 is 0. The van der Waals surface area contributed by atoms with Gasteiger partial charge in [0, 0.05) is 17.2 Å². The van der Waals surface area contributed by atoms with Crippen molar-refractivity contribution in [1.29, 1.82) is 0 Å². The van der Waals surface area contributed by atoms with Gasteiger partial charge in [-0.05, 0) is 11.6 Å². The smallest absolute Gasteiger partial charge is 0.343 e. The molecule has 0 aliphatic carbocycles. The lowest BCUT2D eigenvalue weighted by atomic mass is 9.95. The molecule has 0 amide bonds. The van der Waals surface area contributed by atoms with Gasteiger partial charge in [0.2, 0.25) is 0 Å². The van der Waals surface area contributed by atoms with E-state index in [9.17, 15) is 10.1 Å². The van der Waals surface area contributed by atoms with Gasteiger partial charge >= 0.3 is 5.69 Å². The minimum Gasteiger partial charge on any atom is -0.472 e. The van der Waals surface area contributed by atoms with E-state index in [1.165, 1.54) is 18.1 Å². The fourth-order valence-corrected chi connectivity index (χ4v) is 3.06. The predicted molar refractivity (Wildman–Crippen MR) is 79.3 cm³/mol. The van der Waals surface area contributed by atoms with Crippen LogP contribution in [0.15, 0.2) is 59.5 Å². The lowest BCUT2D eigenvalue weighted by Gasteiger charge is -2.17. The Bertz CT molecular complexity index is 962. The van der Waals surface area contributed by atoms with Crippen LogP contribution >= 0.6 is 0 Å². The summed E-state index contributed by atoms with van der Waals surface area (Å²) in [6.45, 7) is 0.665. The normalized spacial score (nSPS) is 12.4. The number of nitro groups is 1. The summed E-state index contributed by atoms with van der Waals surface area (Å²) in [6.07, 6.45) is 5.55. The molecule has 4 rings (SSSR count). The fraction of sp³-hybridized carbons (Fsp3) is 0.118. The van der Waals surface area contributed by atoms with Crippen molar-refractivity contribution in [3.05, 3.63) is 82.1 Å². The second kappa shape index (κ2) is 7.43. The van der Waals surface area contributed by atoms with Crippen molar-refractivity contribution in [3.63, 3.8) is 0 Å². The Morgan fingerprint density at radius 1 is 1.04 bits per heavy atom. The van der Waals surface area contributed by atoms with Crippen molar-refractivity contribution in [2.24, 2.45) is 0 Å². The van der Waals surface area contributed by atoms with Crippen LogP contribution in [-0.2, 0) is 13.0 Å². The zero-order valence-corrected chi connectivity index (χ0v) is 14.5. The predicted octanol–water partition coefficient (Wildman–Crippen LogP) is -1.66. The molecule has 0 saturated carbocycles. The third-order valence-corrected chi connectivity index (χ3v) is 4.13. The van der Waals surface area contributed by atoms with Crippen molar-refractivity contribution in [1.82, 2.24) is 0 Å². The van der Waals surface area contributed by atoms with Crippen LogP contribution in [0.3, 0.4) is 0 Å². The molecule has 10 heteroatoms. The van der Waals surface area contributed by atoms with E-state index in [0.29, 0.717) is 18.5 Å². The van der Waals surface area contributed by atoms with E-state index in [4.69, 9.17) is 23.1 Å². The van der Waals surface area contributed by atoms with Crippen LogP contribution in [-0.4, -0.2) is 4.92 Å². The first-order chi connectivity index (χ1) is 12.7. The summed E-state index contributed by atoms with van der Waals surface area (Å²) in [4.78, 5) is 11.4. The first-order valence-electron chi connectivity index (χ1n) is 7.65. The van der Waals surface area contributed by atoms with Crippen molar-refractivity contribution in [3.8, 4) is 11.1 Å². The van der Waals surface area contributed by atoms with Crippen LogP contribution in [0.1, 0.15) is 16.8 Å². The summed E-state index contributed by atoms with van der Waals surface area (Å²) in [6, 6.07) is 11.6. The van der Waals surface area contributed by atoms with Crippen LogP contribution in [0.5, 0.6) is 0 Å². The number of hydrogen-bond donors (Lipinski definition) is 0. The minimum atomic E-state index is -4.94. The van der Waals surface area contributed by atoms with Gasteiger partial charge in [0.25, 0.3) is 5.69 Å². The van der Waals surface area contributed by atoms with E-state index in [1.807, 2.05) is 29.0 Å². The number of nitrogens with zero attached hydrogens (tertiary/aromatic N) is 2. The monoisotopic (exact) mass is 392 g/mol. The van der Waals surface area contributed by atoms with Crippen molar-refractivity contribution >= 4 is 5.69 Å². The van der Waals surface area contributed by atoms with E-state index < -0.39 is 10.2 Å². The van der Waals surface area contributed by atoms with Gasteiger partial charge in [0.05, 0.1) is 29.4 Å². The Morgan fingerprint density at radius 2 is 1.70 bits per heavy atom. The van der Waals surface area contributed by atoms with Crippen LogP contribution in [0.4, 0.5) is 5.69 Å². The third-order valence-electron chi connectivity index (χ3n) is 4.13. The molecular formula is C17H13ClN2O7. The van der Waals surface area contributed by atoms with Crippen molar-refractivity contribution in [2.75, 3.05) is 0 Å². The number of fused-ring (bicyclic) bond motifs is 2. The average molecular weight is 393 g/mol. The molecule has 1 aliphatic rings. The quantitative estimate of drug-likeness (QED) is 0.225. The molecule has 0 bridgehead atoms. The second-order valence-corrected chi connectivity index (χ2v) is 6.50. The summed E-state index contributed by atoms with van der Waals surface area (Å²) in [5, 5.41) is 11.7. The van der Waals surface area contributed by atoms with E-state index in [1.54, 1.807) is 12.1 Å². The molecule has 0 unspecified atom stereocenters. The standard InChI is InChI=1S/C17H13N2O3.ClHO4/c20-19(21)17-15(14-6-8-22-11-14)5-7-18-10-13-4-2-1-3-12(13)9-16(17)18;2-1(3,4)5/h1-8,11H,9-10H2;(H,2,3,4,5)/q+1;/p-1. The number of rotatable bonds is 2. The second-order valence-electron chi connectivity index (χ2n) is 5.75. The Kier molecular flexibility index (Phi) is 5.22. The first-order valence-corrected chi connectivity index (χ1v) is 8.88. The highest BCUT2D eigenvalue weighted by molar-refractivity contribution is 5.73. The molecule has 1 aromatic carbocycles. The van der Waals surface area contributed by atoms with E-state index in [0.717, 1.165) is 16.8 Å². The summed E-state index contributed by atoms with van der Waals surface area (Å²) in [5.74, 6) is 0. The SMILES string of the molecule is O=[N+]([O-])c1c(-c2ccoc2)cc[n+]2c1Cc1ccccc1C2.[O-][Cl+3]([O-])([O-])[O-]. The molecule has 1 aliphatic heterocycles. The topological polar surface area (TPSA) is 152 Å². The highest BCUT2D eigenvalue weighted by atomic mass is 35.7. The summed E-state index contributed by atoms with van der Waals surface area (Å²) < 4.78 is 41.0. The zero-order chi connectivity index (χ0) is 19.6. The zero-order valence-electron chi connectivity index (χ0n) is 13.7. The molecule has 27 heavy (non-hydrogen) atoms. The van der Waals surface area contributed by atoms with Crippen LogP contribution in [0.25, 0.3) is 11.1 Å². The number of halogens is 1. The number of furan rings is 1. The highest BCUT2D eigenvalue weighted by Crippen LogP contribution is 2.34. The van der Waals surface area contributed by atoms with E-state index in [-0.39, 0.29) is 10.6 Å². The minimum absolute atomic E-state index is 0.165. The molecule has 140 valence electrons. The molecule has 0 N–H and O–H groups in total. The van der Waals surface area contributed by atoms with Gasteiger partial charge in [-0.2, -0.15) is 4.57 Å². The lowest BCUT2D eigenvalue weighted by molar-refractivity contribution is -2.00. The molecule has 2 aromatic heterocycles. The number of aromatic nitrogens is 1. The largest absolute Gasteiger partial charge is 0.472 e. The fourth-order valence-electron chi connectivity index (χ4n) is 3.06. The van der Waals surface area contributed by atoms with Gasteiger partial charge in [0.1, 0.15) is 0 Å². The molecule has 3 aromatic rings. The maximum atomic E-state index is 11.7. The molecule has 0 radical (unpaired) electrons. The maximum Gasteiger partial charge on any atom is 0.343 e. The van der Waals surface area contributed by atoms with Crippen molar-refractivity contribution in [2.45, 2.75) is 13.0 Å². The highest BCUT2D eigenvalue weighted by Gasteiger charge is 2.34. The molecule has 0 atom stereocenters. The van der Waals surface area contributed by atoms with Gasteiger partial charge in [-0.3, -0.25) is 10.1 Å². The Hall–Kier alpha value is -2.82. The number of hydrogen-bond acceptors (Lipinski definition) is 7. The van der Waals surface area contributed by atoms with Gasteiger partial charge in [-0.1, -0.05) is 24.3 Å². The molecule has 0 spiro atoms. The molecule has 9 nitrogen and oxygen atoms in total. The molecule has 3 heterocycles. The Balaban J connectivity index is 0.000000376. The van der Waals surface area contributed by atoms with E-state index >= 15 is 0 Å². The van der Waals surface area contributed by atoms with E-state index in [2.05, 4.69) is 6.07 Å². The number of pyridine rings is 1. The summed E-state index contributed by atoms with van der Waals surface area (Å²) in [5.41, 5.74) is 4.60. The average Bonchev–Trinajstić information content (AvgIpc) is 3.11. The Labute approximate surface area is 155 Å². The number of benzene rings is 1. The molecular weight excluding hydrogens is 380 g/mol. The van der Waals surface area contributed by atoms with Crippen LogP contribution in [0, 0.1) is 20.4 Å². The molecule has 0 saturated heterocycles. The van der Waals surface area contributed by atoms with Gasteiger partial charge in [-0.25, -0.2) is 18.6 Å².